The van der Waals surface area contributed by atoms with E-state index in [-0.39, 0.29) is 0 Å². The summed E-state index contributed by atoms with van der Waals surface area (Å²) in [6.45, 7) is 4.24. The van der Waals surface area contributed by atoms with E-state index >= 15 is 0 Å². The molecule has 0 spiro atoms. The average molecular weight is 167 g/mol. The van der Waals surface area contributed by atoms with E-state index in [0.29, 0.717) is 11.7 Å². The molecule has 0 aliphatic rings. The van der Waals surface area contributed by atoms with Gasteiger partial charge in [-0.15, -0.1) is 6.58 Å². The van der Waals surface area contributed by atoms with Crippen molar-refractivity contribution in [1.29, 1.82) is 0 Å². The lowest BCUT2D eigenvalue weighted by atomic mass is 10.6. The van der Waals surface area contributed by atoms with Crippen LogP contribution in [0.3, 0.4) is 0 Å². The number of nitrogens with one attached hydrogen (secondary N) is 1. The molecule has 0 bridgehead atoms. The van der Waals surface area contributed by atoms with E-state index in [2.05, 4.69) is 16.9 Å². The summed E-state index contributed by atoms with van der Waals surface area (Å²) in [6, 6.07) is 0. The molecular formula is C7H9N3S. The van der Waals surface area contributed by atoms with Gasteiger partial charge < -0.3 is 5.32 Å². The minimum Gasteiger partial charge on any atom is -0.359 e. The topological polar surface area (TPSA) is 29.9 Å². The highest BCUT2D eigenvalue weighted by atomic mass is 32.1. The number of imidazole rings is 1. The van der Waals surface area contributed by atoms with Gasteiger partial charge in [0.05, 0.1) is 0 Å². The summed E-state index contributed by atoms with van der Waals surface area (Å²) in [4.78, 5) is 3.86. The smallest absolute Gasteiger partial charge is 0.178 e. The van der Waals surface area contributed by atoms with E-state index in [1.54, 1.807) is 29.4 Å². The fourth-order valence-electron chi connectivity index (χ4n) is 0.630. The zero-order valence-electron chi connectivity index (χ0n) is 6.03. The van der Waals surface area contributed by atoms with E-state index in [1.165, 1.54) is 0 Å². The molecule has 11 heavy (non-hydrogen) atoms. The molecule has 0 unspecified atom stereocenters. The van der Waals surface area contributed by atoms with E-state index in [4.69, 9.17) is 12.2 Å². The van der Waals surface area contributed by atoms with Crippen LogP contribution >= 0.6 is 12.2 Å². The van der Waals surface area contributed by atoms with Gasteiger partial charge in [-0.1, -0.05) is 6.08 Å². The Morgan fingerprint density at radius 3 is 3.18 bits per heavy atom. The fraction of sp³-hybridized carbons (Fsp3) is 0.143. The van der Waals surface area contributed by atoms with Crippen LogP contribution in [-0.4, -0.2) is 21.2 Å². The van der Waals surface area contributed by atoms with Crippen molar-refractivity contribution in [2.75, 3.05) is 6.54 Å². The molecule has 1 heterocycles. The van der Waals surface area contributed by atoms with Crippen molar-refractivity contribution >= 4 is 17.3 Å². The molecule has 0 atom stereocenters. The first kappa shape index (κ1) is 7.94. The normalized spacial score (nSPS) is 9.09. The van der Waals surface area contributed by atoms with E-state index < -0.39 is 0 Å². The third-order valence-corrected chi connectivity index (χ3v) is 1.49. The number of hydrogen-bond donors (Lipinski definition) is 1. The SMILES string of the molecule is C=CCNC(=S)n1ccnc1. The lowest BCUT2D eigenvalue weighted by molar-refractivity contribution is 0.980. The van der Waals surface area contributed by atoms with Crippen molar-refractivity contribution in [2.24, 2.45) is 0 Å². The third-order valence-electron chi connectivity index (χ3n) is 1.14. The van der Waals surface area contributed by atoms with Crippen LogP contribution in [0.25, 0.3) is 0 Å². The summed E-state index contributed by atoms with van der Waals surface area (Å²) >= 11 is 5.00. The number of aromatic nitrogens is 2. The minimum atomic E-state index is 0.641. The second-order valence-corrected chi connectivity index (χ2v) is 2.33. The monoisotopic (exact) mass is 167 g/mol. The number of thiocarbonyl (C=S) groups is 1. The number of hydrogen-bond acceptors (Lipinski definition) is 2. The third kappa shape index (κ3) is 2.16. The highest BCUT2D eigenvalue weighted by Gasteiger charge is 1.93. The molecule has 0 aliphatic carbocycles. The van der Waals surface area contributed by atoms with Gasteiger partial charge in [0, 0.05) is 18.9 Å². The zero-order chi connectivity index (χ0) is 8.10. The molecule has 58 valence electrons. The van der Waals surface area contributed by atoms with Gasteiger partial charge in [0.1, 0.15) is 6.33 Å². The molecule has 0 fully saturated rings. The zero-order valence-corrected chi connectivity index (χ0v) is 6.84. The predicted octanol–water partition coefficient (Wildman–Crippen LogP) is 0.792. The second-order valence-electron chi connectivity index (χ2n) is 1.94. The predicted molar refractivity (Wildman–Crippen MR) is 48.4 cm³/mol. The highest BCUT2D eigenvalue weighted by molar-refractivity contribution is 7.80. The van der Waals surface area contributed by atoms with Gasteiger partial charge in [0.25, 0.3) is 0 Å². The summed E-state index contributed by atoms with van der Waals surface area (Å²) in [6.07, 6.45) is 6.88. The van der Waals surface area contributed by atoms with Gasteiger partial charge in [-0.3, -0.25) is 4.57 Å². The molecule has 1 aromatic rings. The molecule has 0 saturated heterocycles. The molecule has 0 saturated carbocycles. The van der Waals surface area contributed by atoms with Gasteiger partial charge in [0.2, 0.25) is 0 Å². The first-order valence-electron chi connectivity index (χ1n) is 3.21. The van der Waals surface area contributed by atoms with Crippen molar-refractivity contribution in [3.63, 3.8) is 0 Å². The molecule has 0 radical (unpaired) electrons. The summed E-state index contributed by atoms with van der Waals surface area (Å²) in [5.41, 5.74) is 0. The summed E-state index contributed by atoms with van der Waals surface area (Å²) < 4.78 is 1.73. The van der Waals surface area contributed by atoms with Crippen molar-refractivity contribution in [3.05, 3.63) is 31.4 Å². The Hall–Kier alpha value is -1.16. The van der Waals surface area contributed by atoms with Crippen LogP contribution in [0.4, 0.5) is 0 Å². The number of nitrogens with zero attached hydrogens (tertiary/aromatic N) is 2. The maximum atomic E-state index is 5.00. The molecule has 0 aromatic carbocycles. The Balaban J connectivity index is 2.49. The van der Waals surface area contributed by atoms with Crippen LogP contribution in [-0.2, 0) is 0 Å². The maximum absolute atomic E-state index is 5.00. The standard InChI is InChI=1S/C7H9N3S/c1-2-3-9-7(11)10-5-4-8-6-10/h2,4-6H,1,3H2,(H,9,11). The average Bonchev–Trinajstić information content (AvgIpc) is 2.52. The Labute approximate surface area is 70.7 Å². The molecule has 3 nitrogen and oxygen atoms in total. The van der Waals surface area contributed by atoms with Crippen molar-refractivity contribution < 1.29 is 0 Å². The summed E-state index contributed by atoms with van der Waals surface area (Å²) in [5.74, 6) is 0. The van der Waals surface area contributed by atoms with Gasteiger partial charge in [-0.2, -0.15) is 0 Å². The Morgan fingerprint density at radius 2 is 2.64 bits per heavy atom. The summed E-state index contributed by atoms with van der Waals surface area (Å²) in [5, 5.41) is 3.61. The van der Waals surface area contributed by atoms with Crippen LogP contribution in [0.1, 0.15) is 0 Å². The first-order valence-corrected chi connectivity index (χ1v) is 3.62. The van der Waals surface area contributed by atoms with Gasteiger partial charge >= 0.3 is 0 Å². The lowest BCUT2D eigenvalue weighted by Gasteiger charge is -2.03. The van der Waals surface area contributed by atoms with Crippen LogP contribution in [0.5, 0.6) is 0 Å². The number of rotatable bonds is 2. The van der Waals surface area contributed by atoms with E-state index in [0.717, 1.165) is 0 Å². The molecule has 1 aromatic heterocycles. The van der Waals surface area contributed by atoms with Crippen molar-refractivity contribution in [1.82, 2.24) is 14.9 Å². The Morgan fingerprint density at radius 1 is 1.82 bits per heavy atom. The Bertz CT molecular complexity index is 240. The molecule has 0 amide bonds. The second kappa shape index (κ2) is 3.88. The minimum absolute atomic E-state index is 0.641. The Kier molecular flexibility index (Phi) is 2.80. The van der Waals surface area contributed by atoms with E-state index in [1.807, 2.05) is 0 Å². The quantitative estimate of drug-likeness (QED) is 0.522. The van der Waals surface area contributed by atoms with Crippen LogP contribution in [0, 0.1) is 0 Å². The molecule has 1 N–H and O–H groups in total. The summed E-state index contributed by atoms with van der Waals surface area (Å²) in [7, 11) is 0. The van der Waals surface area contributed by atoms with Crippen LogP contribution in [0.2, 0.25) is 0 Å². The van der Waals surface area contributed by atoms with Crippen LogP contribution in [0.15, 0.2) is 31.4 Å². The maximum Gasteiger partial charge on any atom is 0.178 e. The molecular weight excluding hydrogens is 158 g/mol. The van der Waals surface area contributed by atoms with Crippen molar-refractivity contribution in [2.45, 2.75) is 0 Å². The van der Waals surface area contributed by atoms with Gasteiger partial charge in [-0.25, -0.2) is 4.98 Å². The van der Waals surface area contributed by atoms with Gasteiger partial charge in [0.15, 0.2) is 5.11 Å². The highest BCUT2D eigenvalue weighted by Crippen LogP contribution is 1.84. The van der Waals surface area contributed by atoms with Crippen LogP contribution < -0.4 is 5.32 Å². The molecule has 1 rings (SSSR count). The fourth-order valence-corrected chi connectivity index (χ4v) is 0.821. The van der Waals surface area contributed by atoms with Crippen molar-refractivity contribution in [3.8, 4) is 0 Å². The van der Waals surface area contributed by atoms with E-state index in [9.17, 15) is 0 Å². The first-order chi connectivity index (χ1) is 5.34. The molecule has 0 aliphatic heterocycles. The lowest BCUT2D eigenvalue weighted by Crippen LogP contribution is -2.27. The van der Waals surface area contributed by atoms with Gasteiger partial charge in [-0.05, 0) is 12.2 Å². The largest absolute Gasteiger partial charge is 0.359 e. The molecule has 4 heteroatoms.